The average Bonchev–Trinajstić information content (AvgIpc) is 2.12. The molecule has 0 heterocycles. The summed E-state index contributed by atoms with van der Waals surface area (Å²) < 4.78 is 73.2. The van der Waals surface area contributed by atoms with Crippen molar-refractivity contribution in [1.29, 1.82) is 0 Å². The van der Waals surface area contributed by atoms with Crippen LogP contribution in [0.1, 0.15) is 11.1 Å². The summed E-state index contributed by atoms with van der Waals surface area (Å²) in [7, 11) is -2.92. The molecule has 0 aliphatic carbocycles. The molecule has 0 spiro atoms. The van der Waals surface area contributed by atoms with Gasteiger partial charge in [-0.15, -0.1) is 0 Å². The molecule has 19 heavy (non-hydrogen) atoms. The predicted octanol–water partition coefficient (Wildman–Crippen LogP) is -1.43. The van der Waals surface area contributed by atoms with Crippen LogP contribution >= 0.6 is 0 Å². The molecule has 0 aromatic heterocycles. The van der Waals surface area contributed by atoms with E-state index in [1.165, 1.54) is 0 Å². The second-order valence-corrected chi connectivity index (χ2v) is 5.72. The maximum Gasteiger partial charge on any atom is -0.278 e. The van der Waals surface area contributed by atoms with Gasteiger partial charge in [0.25, 0.3) is 0 Å². The molecule has 0 amide bonds. The summed E-state index contributed by atoms with van der Waals surface area (Å²) >= 11 is -0.0709. The summed E-state index contributed by atoms with van der Waals surface area (Å²) in [4.78, 5) is 0. The first-order chi connectivity index (χ1) is 8.34. The van der Waals surface area contributed by atoms with Gasteiger partial charge in [0, 0.05) is 0 Å². The van der Waals surface area contributed by atoms with Crippen LogP contribution < -0.4 is 18.2 Å². The van der Waals surface area contributed by atoms with Gasteiger partial charge in [0.1, 0.15) is 0 Å². The standard InChI is InChI=1S/C8H3F6.BO3.Tl/c9-7(10,11)5-2-1-3-6(4-5)8(12,13)14;2-1(3)4;/h2-4H;;/q;-3;+3. The third-order valence-corrected chi connectivity index (χ3v) is 2.91. The molecule has 1 aromatic rings. The van der Waals surface area contributed by atoms with Crippen molar-refractivity contribution in [2.24, 2.45) is 0 Å². The van der Waals surface area contributed by atoms with Crippen LogP contribution in [0, 0.1) is 0 Å². The van der Waals surface area contributed by atoms with Gasteiger partial charge in [-0.1, -0.05) is 0 Å². The first kappa shape index (κ1) is 18.7. The van der Waals surface area contributed by atoms with Gasteiger partial charge < -0.3 is 15.1 Å². The maximum absolute atomic E-state index is 12.2. The van der Waals surface area contributed by atoms with E-state index < -0.39 is 30.8 Å². The summed E-state index contributed by atoms with van der Waals surface area (Å²) in [5.41, 5.74) is -2.48. The Bertz CT molecular complexity index is 385. The van der Waals surface area contributed by atoms with Crippen molar-refractivity contribution in [3.8, 4) is 0 Å². The Morgan fingerprint density at radius 3 is 1.26 bits per heavy atom. The molecule has 0 saturated carbocycles. The SMILES string of the molecule is FC(F)(F)c1c[c]([Tl+3])cc(C(F)(F)F)c1.[O-]B([O-])[O-]. The third-order valence-electron chi connectivity index (χ3n) is 1.61. The Kier molecular flexibility index (Phi) is 6.78. The number of rotatable bonds is 0. The molecule has 101 valence electrons. The largest absolute Gasteiger partial charge is 0.907 e. The smallest absolute Gasteiger partial charge is 0.278 e. The van der Waals surface area contributed by atoms with Crippen LogP contribution in [-0.4, -0.2) is 33.1 Å². The molecule has 1 aromatic carbocycles. The zero-order chi connectivity index (χ0) is 15.4. The topological polar surface area (TPSA) is 69.2 Å². The molecule has 11 heteroatoms. The molecule has 0 fully saturated rings. The maximum atomic E-state index is 12.2. The third kappa shape index (κ3) is 7.74. The predicted molar refractivity (Wildman–Crippen MR) is 47.6 cm³/mol. The van der Waals surface area contributed by atoms with E-state index in [0.717, 1.165) is 12.1 Å². The van der Waals surface area contributed by atoms with E-state index in [-0.39, 0.29) is 35.0 Å². The van der Waals surface area contributed by atoms with Crippen molar-refractivity contribution < 1.29 is 41.4 Å². The number of hydrogen-bond donors (Lipinski definition) is 0. The molecule has 0 aliphatic rings. The fourth-order valence-electron chi connectivity index (χ4n) is 0.979. The van der Waals surface area contributed by atoms with Crippen LogP contribution in [0.4, 0.5) is 26.3 Å². The summed E-state index contributed by atoms with van der Waals surface area (Å²) in [5.74, 6) is 0. The Hall–Kier alpha value is -0.333. The summed E-state index contributed by atoms with van der Waals surface area (Å²) in [5, 5.41) is 25.2. The zero-order valence-corrected chi connectivity index (χ0v) is 13.4. The number of benzene rings is 1. The van der Waals surface area contributed by atoms with Gasteiger partial charge in [-0.05, 0) is 0 Å². The summed E-state index contributed by atoms with van der Waals surface area (Å²) in [6.07, 6.45) is -9.46. The van der Waals surface area contributed by atoms with Gasteiger partial charge in [0.2, 0.25) is 0 Å². The van der Waals surface area contributed by atoms with Gasteiger partial charge >= 0.3 is 96.9 Å². The molecule has 0 aliphatic heterocycles. The van der Waals surface area contributed by atoms with E-state index in [1.54, 1.807) is 0 Å². The van der Waals surface area contributed by atoms with E-state index in [9.17, 15) is 26.3 Å². The van der Waals surface area contributed by atoms with Gasteiger partial charge in [-0.2, -0.15) is 0 Å². The minimum Gasteiger partial charge on any atom is -0.907 e. The van der Waals surface area contributed by atoms with Gasteiger partial charge in [0.15, 0.2) is 0 Å². The molecule has 0 atom stereocenters. The molecule has 0 radical (unpaired) electrons. The fraction of sp³-hybridized carbons (Fsp3) is 0.250. The van der Waals surface area contributed by atoms with Crippen molar-refractivity contribution in [3.05, 3.63) is 29.3 Å². The van der Waals surface area contributed by atoms with E-state index in [2.05, 4.69) is 0 Å². The number of hydrogen-bond acceptors (Lipinski definition) is 3. The fourth-order valence-corrected chi connectivity index (χ4v) is 2.38. The van der Waals surface area contributed by atoms with Crippen LogP contribution in [0.15, 0.2) is 18.2 Å². The molecular weight excluding hydrogens is 473 g/mol. The average molecular weight is 476 g/mol. The first-order valence-corrected chi connectivity index (χ1v) is 6.61. The minimum atomic E-state index is -4.73. The molecular formula is C8H3BF6O3Tl. The van der Waals surface area contributed by atoms with Crippen LogP contribution in [0.3, 0.4) is 0 Å². The van der Waals surface area contributed by atoms with Gasteiger partial charge in [-0.25, -0.2) is 0 Å². The molecule has 3 nitrogen and oxygen atoms in total. The van der Waals surface area contributed by atoms with Crippen LogP contribution in [-0.2, 0) is 12.4 Å². The Labute approximate surface area is 119 Å². The van der Waals surface area contributed by atoms with Crippen molar-refractivity contribution in [3.63, 3.8) is 0 Å². The monoisotopic (exact) mass is 477 g/mol. The quantitative estimate of drug-likeness (QED) is 0.341. The zero-order valence-electron chi connectivity index (χ0n) is 8.88. The number of halogens is 6. The van der Waals surface area contributed by atoms with Crippen LogP contribution in [0.5, 0.6) is 0 Å². The minimum absolute atomic E-state index is 0.0709. The molecule has 0 unspecified atom stereocenters. The second-order valence-electron chi connectivity index (χ2n) is 3.13. The van der Waals surface area contributed by atoms with Gasteiger partial charge in [0.05, 0.1) is 0 Å². The van der Waals surface area contributed by atoms with Crippen molar-refractivity contribution >= 4 is 36.2 Å². The van der Waals surface area contributed by atoms with E-state index >= 15 is 0 Å². The molecule has 0 N–H and O–H groups in total. The van der Waals surface area contributed by atoms with E-state index in [0.29, 0.717) is 0 Å². The van der Waals surface area contributed by atoms with Crippen LogP contribution in [0.2, 0.25) is 0 Å². The van der Waals surface area contributed by atoms with Crippen LogP contribution in [0.25, 0.3) is 0 Å². The van der Waals surface area contributed by atoms with E-state index in [4.69, 9.17) is 15.1 Å². The molecule has 0 bridgehead atoms. The Morgan fingerprint density at radius 1 is 0.789 bits per heavy atom. The van der Waals surface area contributed by atoms with Gasteiger partial charge in [-0.3, -0.25) is 7.32 Å². The molecule has 0 saturated heterocycles. The summed E-state index contributed by atoms with van der Waals surface area (Å²) in [6.45, 7) is 0. The van der Waals surface area contributed by atoms with Crippen molar-refractivity contribution in [1.82, 2.24) is 0 Å². The Morgan fingerprint density at radius 2 is 1.05 bits per heavy atom. The van der Waals surface area contributed by atoms with E-state index in [1.807, 2.05) is 0 Å². The van der Waals surface area contributed by atoms with Crippen molar-refractivity contribution in [2.45, 2.75) is 12.4 Å². The molecule has 1 rings (SSSR count). The normalized spacial score (nSPS) is 11.7. The Balaban J connectivity index is 0.000000711. The van der Waals surface area contributed by atoms with Crippen molar-refractivity contribution in [2.75, 3.05) is 0 Å². The second kappa shape index (κ2) is 6.90. The summed E-state index contributed by atoms with van der Waals surface area (Å²) in [6, 6.07) is 1.63. The first-order valence-electron chi connectivity index (χ1n) is 4.36. The number of alkyl halides is 6.